The molecule has 0 radical (unpaired) electrons. The number of ether oxygens (including phenoxy) is 2. The topological polar surface area (TPSA) is 72.8 Å². The van der Waals surface area contributed by atoms with Crippen molar-refractivity contribution in [1.29, 1.82) is 0 Å². The standard InChI is InChI=1S/C83H126O5/c1-3-5-7-9-11-13-15-17-19-21-23-25-27-29-31-33-35-37-39-41-43-45-47-49-51-53-55-57-59-61-63-65-67-69-71-73-75-77-82(85)87-80-81(79-84)88-83(86)78-76-74-72-70-68-66-64-62-60-58-56-54-52-50-48-46-44-42-40-38-36-34-32-30-28-26-24-22-20-18-16-14-12-10-8-6-4-2/h5-8,11-14,17-20,23-26,29-32,35-38,41-44,47-50,54,56,60,62,66,68,81,84H,3-4,9-10,15-16,21-22,27-28,33-34,39-40,45-46,51-53,55,57-59,61,63-65,67,69-80H2,1-2H3/b7-5-,8-6-,13-11-,14-12-,19-17-,20-18-,25-23-,26-24-,31-29-,32-30-,37-35-,38-36-,43-41-,44-42-,49-47-,50-48-,56-54-,62-60-,68-66-. The predicted molar refractivity (Wildman–Crippen MR) is 388 cm³/mol. The third-order valence-corrected chi connectivity index (χ3v) is 14.0. The highest BCUT2D eigenvalue weighted by atomic mass is 16.6. The van der Waals surface area contributed by atoms with E-state index >= 15 is 0 Å². The Morgan fingerprint density at radius 1 is 0.261 bits per heavy atom. The van der Waals surface area contributed by atoms with Gasteiger partial charge < -0.3 is 14.6 Å². The Morgan fingerprint density at radius 3 is 0.693 bits per heavy atom. The molecular weight excluding hydrogens is 1080 g/mol. The third kappa shape index (κ3) is 72.4. The molecule has 1 atom stereocenters. The number of allylic oxidation sites excluding steroid dienone is 38. The first-order valence-corrected chi connectivity index (χ1v) is 34.9. The average molecular weight is 1200 g/mol. The normalized spacial score (nSPS) is 13.7. The maximum Gasteiger partial charge on any atom is 0.306 e. The average Bonchev–Trinajstić information content (AvgIpc) is 3.55. The van der Waals surface area contributed by atoms with Gasteiger partial charge in [-0.25, -0.2) is 0 Å². The van der Waals surface area contributed by atoms with Gasteiger partial charge in [0.1, 0.15) is 6.61 Å². The van der Waals surface area contributed by atoms with E-state index in [2.05, 4.69) is 245 Å². The summed E-state index contributed by atoms with van der Waals surface area (Å²) in [5.74, 6) is -0.646. The summed E-state index contributed by atoms with van der Waals surface area (Å²) < 4.78 is 10.7. The summed E-state index contributed by atoms with van der Waals surface area (Å²) in [6.07, 6.45) is 123. The molecule has 0 amide bonds. The Bertz CT molecular complexity index is 2150. The first kappa shape index (κ1) is 82.0. The largest absolute Gasteiger partial charge is 0.462 e. The van der Waals surface area contributed by atoms with E-state index in [4.69, 9.17) is 9.47 Å². The first-order valence-electron chi connectivity index (χ1n) is 34.9. The van der Waals surface area contributed by atoms with Gasteiger partial charge in [-0.2, -0.15) is 0 Å². The Morgan fingerprint density at radius 2 is 0.455 bits per heavy atom. The number of hydrogen-bond donors (Lipinski definition) is 1. The van der Waals surface area contributed by atoms with E-state index in [1.54, 1.807) is 0 Å². The zero-order valence-electron chi connectivity index (χ0n) is 55.9. The molecule has 0 bridgehead atoms. The van der Waals surface area contributed by atoms with E-state index < -0.39 is 6.10 Å². The van der Waals surface area contributed by atoms with E-state index in [0.29, 0.717) is 12.8 Å². The zero-order chi connectivity index (χ0) is 63.3. The van der Waals surface area contributed by atoms with Crippen LogP contribution in [0.1, 0.15) is 258 Å². The minimum atomic E-state index is -0.810. The molecule has 0 spiro atoms. The maximum atomic E-state index is 12.4. The Balaban J connectivity index is 3.65. The van der Waals surface area contributed by atoms with E-state index in [1.807, 2.05) is 0 Å². The number of unbranched alkanes of at least 4 members (excludes halogenated alkanes) is 15. The van der Waals surface area contributed by atoms with E-state index in [0.717, 1.165) is 167 Å². The molecule has 5 nitrogen and oxygen atoms in total. The van der Waals surface area contributed by atoms with Crippen molar-refractivity contribution in [3.63, 3.8) is 0 Å². The second kappa shape index (κ2) is 75.2. The monoisotopic (exact) mass is 1200 g/mol. The molecule has 488 valence electrons. The van der Waals surface area contributed by atoms with Crippen LogP contribution in [0.5, 0.6) is 0 Å². The van der Waals surface area contributed by atoms with Crippen LogP contribution in [0.2, 0.25) is 0 Å². The fourth-order valence-corrected chi connectivity index (χ4v) is 8.81. The summed E-state index contributed by atoms with van der Waals surface area (Å²) in [5.41, 5.74) is 0. The Labute approximate surface area is 541 Å². The molecule has 0 fully saturated rings. The Kier molecular flexibility index (Phi) is 70.0. The van der Waals surface area contributed by atoms with Crippen LogP contribution in [0.25, 0.3) is 0 Å². The minimum Gasteiger partial charge on any atom is -0.462 e. The number of aliphatic hydroxyl groups excluding tert-OH is 1. The highest BCUT2D eigenvalue weighted by Gasteiger charge is 2.16. The SMILES string of the molecule is CC/C=C\C/C=C\C/C=C\C/C=C\C/C=C\C/C=C\C/C=C\C/C=C\C/C=C\C/C=C\C/C=C\CCCCCC(=O)OC(CO)COC(=O)CCCCCCCCCCCCCC/C=C\C/C=C\C/C=C\C/C=C\C/C=C\C/C=C\C/C=C\C/C=C\CC. The smallest absolute Gasteiger partial charge is 0.306 e. The third-order valence-electron chi connectivity index (χ3n) is 14.0. The molecular formula is C83H126O5. The number of carbonyl (C=O) groups is 2. The molecule has 0 rings (SSSR count). The van der Waals surface area contributed by atoms with Gasteiger partial charge in [0, 0.05) is 12.8 Å². The Hall–Kier alpha value is -6.04. The van der Waals surface area contributed by atoms with E-state index in [9.17, 15) is 14.7 Å². The molecule has 1 unspecified atom stereocenters. The van der Waals surface area contributed by atoms with Crippen LogP contribution < -0.4 is 0 Å². The summed E-state index contributed by atoms with van der Waals surface area (Å²) in [4.78, 5) is 24.6. The van der Waals surface area contributed by atoms with Gasteiger partial charge in [-0.1, -0.05) is 315 Å². The van der Waals surface area contributed by atoms with Crippen LogP contribution in [-0.2, 0) is 19.1 Å². The van der Waals surface area contributed by atoms with Gasteiger partial charge in [0.15, 0.2) is 6.10 Å². The lowest BCUT2D eigenvalue weighted by Crippen LogP contribution is -2.28. The van der Waals surface area contributed by atoms with Crippen molar-refractivity contribution in [3.05, 3.63) is 231 Å². The second-order valence-corrected chi connectivity index (χ2v) is 22.1. The lowest BCUT2D eigenvalue weighted by atomic mass is 10.0. The molecule has 0 saturated heterocycles. The van der Waals surface area contributed by atoms with Gasteiger partial charge in [-0.05, 0) is 161 Å². The molecule has 0 aromatic rings. The number of hydrogen-bond acceptors (Lipinski definition) is 5. The molecule has 0 heterocycles. The molecule has 88 heavy (non-hydrogen) atoms. The maximum absolute atomic E-state index is 12.4. The summed E-state index contributed by atoms with van der Waals surface area (Å²) in [5, 5.41) is 9.70. The first-order chi connectivity index (χ1) is 43.6. The summed E-state index contributed by atoms with van der Waals surface area (Å²) in [7, 11) is 0. The molecule has 5 heteroatoms. The predicted octanol–water partition coefficient (Wildman–Crippen LogP) is 24.9. The van der Waals surface area contributed by atoms with Gasteiger partial charge >= 0.3 is 11.9 Å². The lowest BCUT2D eigenvalue weighted by molar-refractivity contribution is -0.161. The van der Waals surface area contributed by atoms with Crippen LogP contribution in [0.15, 0.2) is 231 Å². The van der Waals surface area contributed by atoms with Crippen LogP contribution >= 0.6 is 0 Å². The number of aliphatic hydroxyl groups is 1. The number of rotatable bonds is 61. The van der Waals surface area contributed by atoms with Gasteiger partial charge in [0.25, 0.3) is 0 Å². The van der Waals surface area contributed by atoms with Crippen molar-refractivity contribution < 1.29 is 24.2 Å². The van der Waals surface area contributed by atoms with Gasteiger partial charge in [-0.15, -0.1) is 0 Å². The molecule has 0 aromatic heterocycles. The van der Waals surface area contributed by atoms with Crippen LogP contribution in [0.4, 0.5) is 0 Å². The summed E-state index contributed by atoms with van der Waals surface area (Å²) >= 11 is 0. The number of esters is 2. The van der Waals surface area contributed by atoms with Gasteiger partial charge in [0.05, 0.1) is 6.61 Å². The summed E-state index contributed by atoms with van der Waals surface area (Å²) in [6, 6.07) is 0. The van der Waals surface area contributed by atoms with Crippen LogP contribution in [0, 0.1) is 0 Å². The number of carbonyl (C=O) groups excluding carboxylic acids is 2. The molecule has 0 aliphatic carbocycles. The van der Waals surface area contributed by atoms with Crippen molar-refractivity contribution in [3.8, 4) is 0 Å². The van der Waals surface area contributed by atoms with Crippen LogP contribution in [0.3, 0.4) is 0 Å². The fourth-order valence-electron chi connectivity index (χ4n) is 8.81. The molecule has 0 aliphatic heterocycles. The van der Waals surface area contributed by atoms with E-state index in [-0.39, 0.29) is 25.2 Å². The molecule has 0 aromatic carbocycles. The van der Waals surface area contributed by atoms with E-state index in [1.165, 1.54) is 64.2 Å². The zero-order valence-corrected chi connectivity index (χ0v) is 55.9. The lowest BCUT2D eigenvalue weighted by Gasteiger charge is -2.15. The molecule has 1 N–H and O–H groups in total. The van der Waals surface area contributed by atoms with Gasteiger partial charge in [-0.3, -0.25) is 9.59 Å². The summed E-state index contributed by atoms with van der Waals surface area (Å²) in [6.45, 7) is 3.87. The second-order valence-electron chi connectivity index (χ2n) is 22.1. The highest BCUT2D eigenvalue weighted by Crippen LogP contribution is 2.14. The van der Waals surface area contributed by atoms with Crippen molar-refractivity contribution in [2.75, 3.05) is 13.2 Å². The highest BCUT2D eigenvalue weighted by molar-refractivity contribution is 5.70. The molecule has 0 saturated carbocycles. The van der Waals surface area contributed by atoms with Crippen LogP contribution in [-0.4, -0.2) is 36.4 Å². The quantitative estimate of drug-likeness (QED) is 0.0373. The van der Waals surface area contributed by atoms with Crippen molar-refractivity contribution >= 4 is 11.9 Å². The van der Waals surface area contributed by atoms with Crippen molar-refractivity contribution in [2.24, 2.45) is 0 Å². The van der Waals surface area contributed by atoms with Gasteiger partial charge in [0.2, 0.25) is 0 Å². The molecule has 0 aliphatic rings. The van der Waals surface area contributed by atoms with Crippen molar-refractivity contribution in [1.82, 2.24) is 0 Å². The fraction of sp³-hybridized carbons (Fsp3) is 0.518. The minimum absolute atomic E-state index is 0.0954. The van der Waals surface area contributed by atoms with Crippen molar-refractivity contribution in [2.45, 2.75) is 264 Å².